The van der Waals surface area contributed by atoms with Crippen molar-refractivity contribution in [2.24, 2.45) is 0 Å². The second-order valence-electron chi connectivity index (χ2n) is 7.55. The van der Waals surface area contributed by atoms with Crippen molar-refractivity contribution >= 4 is 16.9 Å². The predicted molar refractivity (Wildman–Crippen MR) is 117 cm³/mol. The second-order valence-corrected chi connectivity index (χ2v) is 7.55. The van der Waals surface area contributed by atoms with Crippen molar-refractivity contribution in [1.29, 1.82) is 0 Å². The van der Waals surface area contributed by atoms with Crippen LogP contribution in [0.3, 0.4) is 0 Å². The highest BCUT2D eigenvalue weighted by molar-refractivity contribution is 6.02. The molecule has 0 aliphatic carbocycles. The molecule has 1 aliphatic heterocycles. The molecule has 1 aliphatic rings. The highest BCUT2D eigenvalue weighted by atomic mass is 16.5. The Kier molecular flexibility index (Phi) is 4.74. The Hall–Kier alpha value is -3.18. The van der Waals surface area contributed by atoms with Crippen LogP contribution in [0.2, 0.25) is 0 Å². The molecule has 1 N–H and O–H groups in total. The van der Waals surface area contributed by atoms with Gasteiger partial charge in [0.05, 0.1) is 11.5 Å². The summed E-state index contributed by atoms with van der Waals surface area (Å²) in [6.45, 7) is 3.72. The average molecular weight is 384 g/mol. The summed E-state index contributed by atoms with van der Waals surface area (Å²) in [5.74, 6) is 0.857. The van der Waals surface area contributed by atoms with Crippen molar-refractivity contribution in [3.8, 4) is 16.8 Å². The first-order chi connectivity index (χ1) is 14.3. The zero-order valence-corrected chi connectivity index (χ0v) is 16.5. The number of nitrogens with one attached hydrogen (secondary N) is 1. The van der Waals surface area contributed by atoms with E-state index >= 15 is 0 Å². The molecule has 5 rings (SSSR count). The van der Waals surface area contributed by atoms with Crippen molar-refractivity contribution in [2.45, 2.75) is 25.9 Å². The fourth-order valence-electron chi connectivity index (χ4n) is 4.02. The summed E-state index contributed by atoms with van der Waals surface area (Å²) >= 11 is 0. The fourth-order valence-corrected chi connectivity index (χ4v) is 4.02. The normalized spacial score (nSPS) is 16.4. The number of fused-ring (bicyclic) bond motifs is 1. The van der Waals surface area contributed by atoms with Crippen LogP contribution in [0.4, 0.5) is 5.82 Å². The Balaban J connectivity index is 1.66. The maximum absolute atomic E-state index is 5.78. The zero-order valence-electron chi connectivity index (χ0n) is 16.5. The number of hydrogen-bond donors (Lipinski definition) is 1. The maximum atomic E-state index is 5.78. The van der Waals surface area contributed by atoms with Gasteiger partial charge in [0.1, 0.15) is 12.1 Å². The molecule has 146 valence electrons. The maximum Gasteiger partial charge on any atom is 0.150 e. The Morgan fingerprint density at radius 1 is 1.10 bits per heavy atom. The molecule has 0 radical (unpaired) electrons. The van der Waals surface area contributed by atoms with Crippen LogP contribution in [0, 0.1) is 6.92 Å². The topological polar surface area (TPSA) is 52.0 Å². The van der Waals surface area contributed by atoms with E-state index in [1.54, 1.807) is 6.33 Å². The lowest BCUT2D eigenvalue weighted by molar-refractivity contribution is 0.120. The lowest BCUT2D eigenvalue weighted by Crippen LogP contribution is -2.19. The van der Waals surface area contributed by atoms with Gasteiger partial charge >= 0.3 is 0 Å². The first-order valence-electron chi connectivity index (χ1n) is 10.1. The number of ether oxygens (including phenoxy) is 1. The molecule has 5 heteroatoms. The third kappa shape index (κ3) is 3.49. The van der Waals surface area contributed by atoms with Crippen LogP contribution in [0.5, 0.6) is 0 Å². The lowest BCUT2D eigenvalue weighted by atomic mass is 10.1. The van der Waals surface area contributed by atoms with E-state index in [0.29, 0.717) is 0 Å². The molecule has 1 fully saturated rings. The summed E-state index contributed by atoms with van der Waals surface area (Å²) in [6, 6.07) is 18.9. The van der Waals surface area contributed by atoms with Crippen molar-refractivity contribution in [2.75, 3.05) is 18.5 Å². The van der Waals surface area contributed by atoms with Gasteiger partial charge in [-0.15, -0.1) is 0 Å². The number of aryl methyl sites for hydroxylation is 1. The number of hydrogen-bond acceptors (Lipinski definition) is 4. The molecule has 1 atom stereocenters. The lowest BCUT2D eigenvalue weighted by Gasteiger charge is -2.12. The Labute approximate surface area is 170 Å². The van der Waals surface area contributed by atoms with E-state index in [1.807, 2.05) is 6.07 Å². The molecule has 5 nitrogen and oxygen atoms in total. The summed E-state index contributed by atoms with van der Waals surface area (Å²) < 4.78 is 7.93. The summed E-state index contributed by atoms with van der Waals surface area (Å²) in [5, 5.41) is 4.57. The van der Waals surface area contributed by atoms with E-state index in [0.717, 1.165) is 59.7 Å². The van der Waals surface area contributed by atoms with Gasteiger partial charge in [-0.2, -0.15) is 0 Å². The molecule has 0 saturated carbocycles. The van der Waals surface area contributed by atoms with E-state index < -0.39 is 0 Å². The zero-order chi connectivity index (χ0) is 19.6. The minimum absolute atomic E-state index is 0.249. The minimum atomic E-state index is 0.249. The predicted octanol–water partition coefficient (Wildman–Crippen LogP) is 4.99. The molecule has 3 heterocycles. The van der Waals surface area contributed by atoms with Gasteiger partial charge in [-0.05, 0) is 43.0 Å². The van der Waals surface area contributed by atoms with Crippen LogP contribution < -0.4 is 5.32 Å². The van der Waals surface area contributed by atoms with Gasteiger partial charge in [-0.25, -0.2) is 9.97 Å². The van der Waals surface area contributed by atoms with Crippen LogP contribution in [-0.2, 0) is 4.74 Å². The Morgan fingerprint density at radius 2 is 2.00 bits per heavy atom. The van der Waals surface area contributed by atoms with Crippen molar-refractivity contribution in [1.82, 2.24) is 14.5 Å². The number of aromatic nitrogens is 3. The molecule has 0 bridgehead atoms. The molecule has 1 saturated heterocycles. The molecular formula is C24H24N4O. The van der Waals surface area contributed by atoms with Gasteiger partial charge in [0, 0.05) is 30.6 Å². The fraction of sp³-hybridized carbons (Fsp3) is 0.250. The number of benzene rings is 2. The molecule has 2 aromatic carbocycles. The molecule has 4 aromatic rings. The molecule has 0 amide bonds. The van der Waals surface area contributed by atoms with Gasteiger partial charge in [-0.3, -0.25) is 0 Å². The number of nitrogens with zero attached hydrogens (tertiary/aromatic N) is 3. The first kappa shape index (κ1) is 17.9. The van der Waals surface area contributed by atoms with Gasteiger partial charge in [0.2, 0.25) is 0 Å². The summed E-state index contributed by atoms with van der Waals surface area (Å²) in [6.07, 6.45) is 6.28. The average Bonchev–Trinajstić information content (AvgIpc) is 3.41. The SMILES string of the molecule is Cc1cccc(-n2cc(-c3ccccc3)c3c(NC[C@@H]4CCCO4)ncnc32)c1. The van der Waals surface area contributed by atoms with Gasteiger partial charge in [-0.1, -0.05) is 42.5 Å². The molecule has 29 heavy (non-hydrogen) atoms. The van der Waals surface area contributed by atoms with Crippen molar-refractivity contribution in [3.63, 3.8) is 0 Å². The van der Waals surface area contributed by atoms with Gasteiger partial charge < -0.3 is 14.6 Å². The van der Waals surface area contributed by atoms with E-state index in [1.165, 1.54) is 5.56 Å². The van der Waals surface area contributed by atoms with Crippen LogP contribution in [0.15, 0.2) is 67.1 Å². The van der Waals surface area contributed by atoms with Crippen LogP contribution in [0.25, 0.3) is 27.8 Å². The monoisotopic (exact) mass is 384 g/mol. The Morgan fingerprint density at radius 3 is 2.79 bits per heavy atom. The van der Waals surface area contributed by atoms with Gasteiger partial charge in [0.25, 0.3) is 0 Å². The summed E-state index contributed by atoms with van der Waals surface area (Å²) in [7, 11) is 0. The third-order valence-corrected chi connectivity index (χ3v) is 5.47. The molecule has 2 aromatic heterocycles. The van der Waals surface area contributed by atoms with E-state index in [9.17, 15) is 0 Å². The summed E-state index contributed by atoms with van der Waals surface area (Å²) in [4.78, 5) is 9.24. The third-order valence-electron chi connectivity index (χ3n) is 5.47. The molecule has 0 spiro atoms. The van der Waals surface area contributed by atoms with E-state index in [-0.39, 0.29) is 6.10 Å². The minimum Gasteiger partial charge on any atom is -0.376 e. The number of rotatable bonds is 5. The molecular weight excluding hydrogens is 360 g/mol. The smallest absolute Gasteiger partial charge is 0.150 e. The van der Waals surface area contributed by atoms with E-state index in [4.69, 9.17) is 4.74 Å². The van der Waals surface area contributed by atoms with Crippen LogP contribution in [-0.4, -0.2) is 33.8 Å². The standard InChI is InChI=1S/C24H24N4O/c1-17-7-5-10-19(13-17)28-15-21(18-8-3-2-4-9-18)22-23(26-16-27-24(22)28)25-14-20-11-6-12-29-20/h2-5,7-10,13,15-16,20H,6,11-12,14H2,1H3,(H,25,26,27)/t20-/m0/s1. The van der Waals surface area contributed by atoms with Crippen LogP contribution in [0.1, 0.15) is 18.4 Å². The largest absolute Gasteiger partial charge is 0.376 e. The first-order valence-corrected chi connectivity index (χ1v) is 10.1. The van der Waals surface area contributed by atoms with Gasteiger partial charge in [0.15, 0.2) is 5.65 Å². The summed E-state index contributed by atoms with van der Waals surface area (Å²) in [5.41, 5.74) is 5.49. The second kappa shape index (κ2) is 7.68. The number of anilines is 1. The van der Waals surface area contributed by atoms with Crippen molar-refractivity contribution < 1.29 is 4.74 Å². The highest BCUT2D eigenvalue weighted by Crippen LogP contribution is 2.35. The highest BCUT2D eigenvalue weighted by Gasteiger charge is 2.19. The molecule has 0 unspecified atom stereocenters. The van der Waals surface area contributed by atoms with Crippen molar-refractivity contribution in [3.05, 3.63) is 72.7 Å². The van der Waals surface area contributed by atoms with Crippen LogP contribution >= 0.6 is 0 Å². The Bertz CT molecular complexity index is 1130. The quantitative estimate of drug-likeness (QED) is 0.527. The van der Waals surface area contributed by atoms with E-state index in [2.05, 4.69) is 81.5 Å².